The smallest absolute Gasteiger partial charge is 0.384 e. The average molecular weight is 428 g/mol. The zero-order chi connectivity index (χ0) is 22.4. The summed E-state index contributed by atoms with van der Waals surface area (Å²) in [6.45, 7) is 3.83. The van der Waals surface area contributed by atoms with Crippen LogP contribution in [0.15, 0.2) is 39.5 Å². The summed E-state index contributed by atoms with van der Waals surface area (Å²) in [7, 11) is 0. The maximum absolute atomic E-state index is 13.4. The minimum atomic E-state index is -1.10. The number of amides is 2. The van der Waals surface area contributed by atoms with Crippen LogP contribution in [-0.2, 0) is 4.79 Å². The molecular formula is C22H28N4O5. The van der Waals surface area contributed by atoms with Gasteiger partial charge >= 0.3 is 5.76 Å². The maximum atomic E-state index is 13.4. The molecule has 0 spiro atoms. The zero-order valence-electron chi connectivity index (χ0n) is 17.8. The third kappa shape index (κ3) is 5.48. The molecule has 2 aromatic rings. The molecule has 1 saturated carbocycles. The zero-order valence-corrected chi connectivity index (χ0v) is 17.8. The summed E-state index contributed by atoms with van der Waals surface area (Å²) < 4.78 is 4.79. The van der Waals surface area contributed by atoms with Crippen LogP contribution in [0.3, 0.4) is 0 Å². The number of Topliss-reactive ketones (excluding diaryl/α,β-unsaturated/α-hetero) is 1. The molecular weight excluding hydrogens is 400 g/mol. The van der Waals surface area contributed by atoms with Crippen molar-refractivity contribution in [1.82, 2.24) is 20.8 Å². The Morgan fingerprint density at radius 1 is 1.13 bits per heavy atom. The highest BCUT2D eigenvalue weighted by Gasteiger charge is 2.43. The van der Waals surface area contributed by atoms with Gasteiger partial charge in [0.15, 0.2) is 0 Å². The van der Waals surface area contributed by atoms with Crippen molar-refractivity contribution < 1.29 is 18.8 Å². The van der Waals surface area contributed by atoms with E-state index in [9.17, 15) is 19.2 Å². The van der Waals surface area contributed by atoms with Gasteiger partial charge < -0.3 is 15.1 Å². The van der Waals surface area contributed by atoms with Gasteiger partial charge in [-0.25, -0.2) is 9.89 Å². The van der Waals surface area contributed by atoms with Crippen LogP contribution in [0.4, 0.5) is 0 Å². The number of hydrogen-bond donors (Lipinski definition) is 3. The van der Waals surface area contributed by atoms with Gasteiger partial charge in [0, 0.05) is 5.56 Å². The minimum Gasteiger partial charge on any atom is -0.384 e. The summed E-state index contributed by atoms with van der Waals surface area (Å²) in [6.07, 6.45) is 3.86. The molecule has 2 amide bonds. The van der Waals surface area contributed by atoms with E-state index in [2.05, 4.69) is 20.8 Å². The quantitative estimate of drug-likeness (QED) is 0.552. The van der Waals surface area contributed by atoms with Gasteiger partial charge in [-0.15, -0.1) is 5.10 Å². The van der Waals surface area contributed by atoms with Gasteiger partial charge in [0.1, 0.15) is 5.54 Å². The molecule has 1 heterocycles. The second-order valence-electron chi connectivity index (χ2n) is 8.40. The molecule has 0 saturated heterocycles. The lowest BCUT2D eigenvalue weighted by molar-refractivity contribution is -0.129. The van der Waals surface area contributed by atoms with E-state index in [0.29, 0.717) is 24.8 Å². The molecule has 1 fully saturated rings. The van der Waals surface area contributed by atoms with Gasteiger partial charge in [-0.3, -0.25) is 14.4 Å². The van der Waals surface area contributed by atoms with Crippen LogP contribution in [0, 0.1) is 5.92 Å². The Labute approximate surface area is 180 Å². The van der Waals surface area contributed by atoms with Crippen LogP contribution >= 0.6 is 0 Å². The summed E-state index contributed by atoms with van der Waals surface area (Å²) >= 11 is 0. The molecule has 9 heteroatoms. The summed E-state index contributed by atoms with van der Waals surface area (Å²) in [5.41, 5.74) is -0.638. The normalized spacial score (nSPS) is 16.5. The van der Waals surface area contributed by atoms with E-state index in [1.54, 1.807) is 24.3 Å². The first-order valence-electron chi connectivity index (χ1n) is 10.6. The van der Waals surface area contributed by atoms with Gasteiger partial charge in [0.2, 0.25) is 11.7 Å². The number of benzene rings is 1. The fourth-order valence-electron chi connectivity index (χ4n) is 3.93. The lowest BCUT2D eigenvalue weighted by Crippen LogP contribution is -2.62. The van der Waals surface area contributed by atoms with Gasteiger partial charge in [-0.2, -0.15) is 0 Å². The van der Waals surface area contributed by atoms with E-state index < -0.39 is 29.0 Å². The van der Waals surface area contributed by atoms with E-state index in [1.807, 2.05) is 19.9 Å². The molecule has 0 bridgehead atoms. The molecule has 1 aliphatic carbocycles. The van der Waals surface area contributed by atoms with Crippen molar-refractivity contribution in [2.24, 2.45) is 5.92 Å². The number of rotatable bonds is 8. The van der Waals surface area contributed by atoms with Crippen LogP contribution in [0.2, 0.25) is 0 Å². The van der Waals surface area contributed by atoms with Gasteiger partial charge in [-0.1, -0.05) is 51.3 Å². The molecule has 0 radical (unpaired) electrons. The number of nitrogens with one attached hydrogen (secondary N) is 3. The van der Waals surface area contributed by atoms with Crippen molar-refractivity contribution in [3.8, 4) is 0 Å². The van der Waals surface area contributed by atoms with Crippen molar-refractivity contribution in [3.63, 3.8) is 0 Å². The molecule has 1 aromatic carbocycles. The molecule has 31 heavy (non-hydrogen) atoms. The number of ketones is 1. The van der Waals surface area contributed by atoms with Crippen molar-refractivity contribution >= 4 is 17.6 Å². The molecule has 166 valence electrons. The van der Waals surface area contributed by atoms with E-state index in [-0.39, 0.29) is 17.7 Å². The predicted octanol–water partition coefficient (Wildman–Crippen LogP) is 2.21. The SMILES string of the molecule is CC(C)C[C@H](NC(=O)C1(NC(=O)c2ccccc2)CCCCC1)C(=O)c1n[nH]c(=O)o1. The van der Waals surface area contributed by atoms with E-state index in [1.165, 1.54) is 0 Å². The van der Waals surface area contributed by atoms with Crippen molar-refractivity contribution in [2.75, 3.05) is 0 Å². The topological polar surface area (TPSA) is 134 Å². The number of nitrogens with zero attached hydrogens (tertiary/aromatic N) is 1. The predicted molar refractivity (Wildman–Crippen MR) is 113 cm³/mol. The third-order valence-corrected chi connectivity index (χ3v) is 5.51. The second kappa shape index (κ2) is 9.72. The van der Waals surface area contributed by atoms with Crippen molar-refractivity contribution in [1.29, 1.82) is 0 Å². The average Bonchev–Trinajstić information content (AvgIpc) is 3.20. The van der Waals surface area contributed by atoms with Gasteiger partial charge in [0.05, 0.1) is 6.04 Å². The number of hydrogen-bond acceptors (Lipinski definition) is 6. The van der Waals surface area contributed by atoms with Crippen molar-refractivity contribution in [3.05, 3.63) is 52.3 Å². The first kappa shape index (κ1) is 22.5. The minimum absolute atomic E-state index is 0.0844. The molecule has 3 rings (SSSR count). The summed E-state index contributed by atoms with van der Waals surface area (Å²) in [5, 5.41) is 11.4. The molecule has 0 aliphatic heterocycles. The Balaban J connectivity index is 1.82. The highest BCUT2D eigenvalue weighted by molar-refractivity contribution is 6.02. The first-order valence-corrected chi connectivity index (χ1v) is 10.6. The Hall–Kier alpha value is -3.23. The summed E-state index contributed by atoms with van der Waals surface area (Å²) in [6, 6.07) is 7.79. The number of carbonyl (C=O) groups excluding carboxylic acids is 3. The maximum Gasteiger partial charge on any atom is 0.434 e. The van der Waals surface area contributed by atoms with Gasteiger partial charge in [-0.05, 0) is 37.3 Å². The van der Waals surface area contributed by atoms with Crippen LogP contribution in [0.1, 0.15) is 73.4 Å². The highest BCUT2D eigenvalue weighted by Crippen LogP contribution is 2.29. The highest BCUT2D eigenvalue weighted by atomic mass is 16.4. The lowest BCUT2D eigenvalue weighted by atomic mass is 9.80. The van der Waals surface area contributed by atoms with Crippen molar-refractivity contribution in [2.45, 2.75) is 64.0 Å². The van der Waals surface area contributed by atoms with E-state index in [4.69, 9.17) is 4.42 Å². The standard InChI is InChI=1S/C22H28N4O5/c1-14(2)13-16(17(27)19-25-26-21(30)31-19)23-20(29)22(11-7-4-8-12-22)24-18(28)15-9-5-3-6-10-15/h3,5-6,9-10,14,16H,4,7-8,11-13H2,1-2H3,(H,23,29)(H,24,28)(H,26,30)/t16-/m0/s1. The van der Waals surface area contributed by atoms with Crippen LogP contribution < -0.4 is 16.4 Å². The van der Waals surface area contributed by atoms with Crippen LogP contribution in [0.25, 0.3) is 0 Å². The molecule has 3 N–H and O–H groups in total. The lowest BCUT2D eigenvalue weighted by Gasteiger charge is -2.37. The Morgan fingerprint density at radius 3 is 2.39 bits per heavy atom. The third-order valence-electron chi connectivity index (χ3n) is 5.51. The first-order chi connectivity index (χ1) is 14.8. The molecule has 1 aromatic heterocycles. The second-order valence-corrected chi connectivity index (χ2v) is 8.40. The monoisotopic (exact) mass is 428 g/mol. The molecule has 1 aliphatic rings. The largest absolute Gasteiger partial charge is 0.434 e. The Morgan fingerprint density at radius 2 is 1.81 bits per heavy atom. The Kier molecular flexibility index (Phi) is 7.04. The number of H-pyrrole nitrogens is 1. The number of aromatic nitrogens is 2. The molecule has 1 atom stereocenters. The number of carbonyl (C=O) groups is 3. The number of aromatic amines is 1. The van der Waals surface area contributed by atoms with Gasteiger partial charge in [0.25, 0.3) is 11.8 Å². The fourth-order valence-corrected chi connectivity index (χ4v) is 3.93. The fraction of sp³-hybridized carbons (Fsp3) is 0.500. The summed E-state index contributed by atoms with van der Waals surface area (Å²) in [4.78, 5) is 50.3. The van der Waals surface area contributed by atoms with E-state index in [0.717, 1.165) is 19.3 Å². The Bertz CT molecular complexity index is 973. The molecule has 0 unspecified atom stereocenters. The molecule has 9 nitrogen and oxygen atoms in total. The van der Waals surface area contributed by atoms with Crippen LogP contribution in [0.5, 0.6) is 0 Å². The summed E-state index contributed by atoms with van der Waals surface area (Å²) in [5.74, 6) is -2.45. The van der Waals surface area contributed by atoms with Crippen LogP contribution in [-0.4, -0.2) is 39.4 Å². The van der Waals surface area contributed by atoms with E-state index >= 15 is 0 Å².